The molecule has 0 radical (unpaired) electrons. The van der Waals surface area contributed by atoms with Crippen LogP contribution in [0.15, 0.2) is 30.3 Å². The third-order valence-electron chi connectivity index (χ3n) is 3.51. The molecule has 10 heteroatoms. The summed E-state index contributed by atoms with van der Waals surface area (Å²) in [7, 11) is 0. The Morgan fingerprint density at radius 2 is 1.70 bits per heavy atom. The minimum atomic E-state index is -1.48. The number of alkyl carbamates (subject to hydrolysis) is 1. The zero-order valence-corrected chi connectivity index (χ0v) is 14.6. The number of benzene rings is 1. The standard InChI is InChI=1S/C17H22N2O8/c1-10(20)14(15(23)18-12(16(24)25)7-8-13(21)22)19-17(26)27-9-11-5-3-2-4-6-11/h2-6,10,12,14,20H,7-9H2,1H3,(H,18,23)(H,19,26)(H,21,22)(H,24,25)/t10-,12-,14+/m1/s1. The van der Waals surface area contributed by atoms with E-state index < -0.39 is 48.5 Å². The maximum atomic E-state index is 12.2. The molecule has 1 aromatic rings. The zero-order chi connectivity index (χ0) is 20.4. The summed E-state index contributed by atoms with van der Waals surface area (Å²) in [4.78, 5) is 45.8. The van der Waals surface area contributed by atoms with E-state index in [1.54, 1.807) is 30.3 Å². The molecule has 1 aromatic carbocycles. The first-order valence-corrected chi connectivity index (χ1v) is 8.11. The van der Waals surface area contributed by atoms with Crippen molar-refractivity contribution in [1.29, 1.82) is 0 Å². The average molecular weight is 382 g/mol. The third kappa shape index (κ3) is 8.19. The Morgan fingerprint density at radius 3 is 2.22 bits per heavy atom. The van der Waals surface area contributed by atoms with E-state index in [1.165, 1.54) is 6.92 Å². The first-order chi connectivity index (χ1) is 12.7. The number of carboxylic acids is 2. The van der Waals surface area contributed by atoms with Gasteiger partial charge in [-0.2, -0.15) is 0 Å². The number of carbonyl (C=O) groups excluding carboxylic acids is 2. The number of hydrogen-bond acceptors (Lipinski definition) is 6. The summed E-state index contributed by atoms with van der Waals surface area (Å²) in [6.45, 7) is 1.17. The average Bonchev–Trinajstić information content (AvgIpc) is 2.61. The normalized spacial score (nSPS) is 13.7. The topological polar surface area (TPSA) is 162 Å². The molecule has 0 bridgehead atoms. The van der Waals surface area contributed by atoms with Crippen LogP contribution < -0.4 is 10.6 Å². The number of ether oxygens (including phenoxy) is 1. The van der Waals surface area contributed by atoms with E-state index in [2.05, 4.69) is 10.6 Å². The van der Waals surface area contributed by atoms with Gasteiger partial charge in [0.1, 0.15) is 18.7 Å². The molecule has 0 spiro atoms. The highest BCUT2D eigenvalue weighted by atomic mass is 16.5. The van der Waals surface area contributed by atoms with Crippen LogP contribution in [0.5, 0.6) is 0 Å². The van der Waals surface area contributed by atoms with Gasteiger partial charge in [-0.1, -0.05) is 30.3 Å². The maximum absolute atomic E-state index is 12.2. The van der Waals surface area contributed by atoms with Crippen molar-refractivity contribution < 1.29 is 39.2 Å². The van der Waals surface area contributed by atoms with Crippen molar-refractivity contribution in [3.05, 3.63) is 35.9 Å². The van der Waals surface area contributed by atoms with E-state index in [1.807, 2.05) is 0 Å². The molecule has 2 amide bonds. The Bertz CT molecular complexity index is 662. The molecule has 148 valence electrons. The summed E-state index contributed by atoms with van der Waals surface area (Å²) in [5, 5.41) is 31.7. The second-order valence-corrected chi connectivity index (χ2v) is 5.76. The van der Waals surface area contributed by atoms with Gasteiger partial charge in [0, 0.05) is 6.42 Å². The Hall–Kier alpha value is -3.14. The van der Waals surface area contributed by atoms with Crippen LogP contribution in [-0.4, -0.2) is 57.4 Å². The van der Waals surface area contributed by atoms with E-state index in [4.69, 9.17) is 14.9 Å². The predicted octanol–water partition coefficient (Wildman–Crippen LogP) is 0.0964. The van der Waals surface area contributed by atoms with Crippen molar-refractivity contribution in [3.8, 4) is 0 Å². The van der Waals surface area contributed by atoms with Gasteiger partial charge < -0.3 is 30.7 Å². The molecule has 27 heavy (non-hydrogen) atoms. The number of aliphatic hydroxyl groups is 1. The monoisotopic (exact) mass is 382 g/mol. The van der Waals surface area contributed by atoms with Gasteiger partial charge in [-0.25, -0.2) is 9.59 Å². The first-order valence-electron chi connectivity index (χ1n) is 8.11. The Labute approximate surface area is 155 Å². The molecular formula is C17H22N2O8. The van der Waals surface area contributed by atoms with Crippen LogP contribution >= 0.6 is 0 Å². The summed E-state index contributed by atoms with van der Waals surface area (Å²) in [6.07, 6.45) is -3.13. The Kier molecular flexibility index (Phi) is 8.73. The summed E-state index contributed by atoms with van der Waals surface area (Å²) in [5.74, 6) is -3.62. The van der Waals surface area contributed by atoms with Gasteiger partial charge in [-0.15, -0.1) is 0 Å². The lowest BCUT2D eigenvalue weighted by molar-refractivity contribution is -0.143. The van der Waals surface area contributed by atoms with Crippen LogP contribution in [-0.2, 0) is 25.7 Å². The molecule has 0 unspecified atom stereocenters. The van der Waals surface area contributed by atoms with Crippen molar-refractivity contribution in [3.63, 3.8) is 0 Å². The molecule has 1 rings (SSSR count). The van der Waals surface area contributed by atoms with Crippen LogP contribution in [0.1, 0.15) is 25.3 Å². The summed E-state index contributed by atoms with van der Waals surface area (Å²) < 4.78 is 4.96. The molecule has 0 saturated heterocycles. The number of nitrogens with one attached hydrogen (secondary N) is 2. The van der Waals surface area contributed by atoms with Gasteiger partial charge in [0.05, 0.1) is 6.10 Å². The number of rotatable bonds is 10. The highest BCUT2D eigenvalue weighted by Gasteiger charge is 2.30. The molecule has 0 saturated carbocycles. The molecule has 0 heterocycles. The smallest absolute Gasteiger partial charge is 0.408 e. The lowest BCUT2D eigenvalue weighted by Crippen LogP contribution is -2.55. The minimum absolute atomic E-state index is 0.0583. The van der Waals surface area contributed by atoms with Gasteiger partial charge in [0.25, 0.3) is 0 Å². The third-order valence-corrected chi connectivity index (χ3v) is 3.51. The predicted molar refractivity (Wildman–Crippen MR) is 91.7 cm³/mol. The molecule has 0 aromatic heterocycles. The first kappa shape index (κ1) is 21.9. The highest BCUT2D eigenvalue weighted by molar-refractivity contribution is 5.89. The molecule has 5 N–H and O–H groups in total. The number of aliphatic hydroxyl groups excluding tert-OH is 1. The van der Waals surface area contributed by atoms with E-state index >= 15 is 0 Å². The largest absolute Gasteiger partial charge is 0.481 e. The van der Waals surface area contributed by atoms with E-state index in [0.29, 0.717) is 5.56 Å². The summed E-state index contributed by atoms with van der Waals surface area (Å²) in [5.41, 5.74) is 0.713. The molecular weight excluding hydrogens is 360 g/mol. The SMILES string of the molecule is C[C@@H](O)[C@H](NC(=O)OCc1ccccc1)C(=O)N[C@H](CCC(=O)O)C(=O)O. The van der Waals surface area contributed by atoms with Crippen molar-refractivity contribution in [2.45, 2.75) is 44.6 Å². The van der Waals surface area contributed by atoms with Gasteiger partial charge in [0.15, 0.2) is 0 Å². The van der Waals surface area contributed by atoms with Crippen LogP contribution in [0.25, 0.3) is 0 Å². The van der Waals surface area contributed by atoms with Gasteiger partial charge in [0.2, 0.25) is 5.91 Å². The van der Waals surface area contributed by atoms with E-state index in [-0.39, 0.29) is 13.0 Å². The van der Waals surface area contributed by atoms with Gasteiger partial charge in [-0.3, -0.25) is 9.59 Å². The Morgan fingerprint density at radius 1 is 1.07 bits per heavy atom. The number of carbonyl (C=O) groups is 4. The number of aliphatic carboxylic acids is 2. The lowest BCUT2D eigenvalue weighted by Gasteiger charge is -2.23. The summed E-state index contributed by atoms with van der Waals surface area (Å²) >= 11 is 0. The zero-order valence-electron chi connectivity index (χ0n) is 14.6. The molecule has 3 atom stereocenters. The minimum Gasteiger partial charge on any atom is -0.481 e. The molecule has 0 aliphatic carbocycles. The van der Waals surface area contributed by atoms with E-state index in [0.717, 1.165) is 0 Å². The lowest BCUT2D eigenvalue weighted by atomic mass is 10.1. The van der Waals surface area contributed by atoms with Crippen molar-refractivity contribution >= 4 is 23.9 Å². The second-order valence-electron chi connectivity index (χ2n) is 5.76. The van der Waals surface area contributed by atoms with Crippen molar-refractivity contribution in [2.24, 2.45) is 0 Å². The number of hydrogen-bond donors (Lipinski definition) is 5. The van der Waals surface area contributed by atoms with E-state index in [9.17, 15) is 24.3 Å². The van der Waals surface area contributed by atoms with Crippen LogP contribution in [0.2, 0.25) is 0 Å². The molecule has 0 aliphatic heterocycles. The van der Waals surface area contributed by atoms with Crippen molar-refractivity contribution in [1.82, 2.24) is 10.6 Å². The highest BCUT2D eigenvalue weighted by Crippen LogP contribution is 2.03. The summed E-state index contributed by atoms with van der Waals surface area (Å²) in [6, 6.07) is 5.81. The maximum Gasteiger partial charge on any atom is 0.408 e. The number of amides is 2. The fraction of sp³-hybridized carbons (Fsp3) is 0.412. The molecule has 10 nitrogen and oxygen atoms in total. The fourth-order valence-electron chi connectivity index (χ4n) is 2.08. The van der Waals surface area contributed by atoms with Crippen LogP contribution in [0.3, 0.4) is 0 Å². The quantitative estimate of drug-likeness (QED) is 0.380. The fourth-order valence-corrected chi connectivity index (χ4v) is 2.08. The molecule has 0 aliphatic rings. The van der Waals surface area contributed by atoms with Crippen LogP contribution in [0.4, 0.5) is 4.79 Å². The van der Waals surface area contributed by atoms with Crippen molar-refractivity contribution in [2.75, 3.05) is 0 Å². The van der Waals surface area contributed by atoms with Crippen LogP contribution in [0, 0.1) is 0 Å². The Balaban J connectivity index is 2.64. The second kappa shape index (κ2) is 10.8. The van der Waals surface area contributed by atoms with Gasteiger partial charge in [-0.05, 0) is 18.9 Å². The molecule has 0 fully saturated rings. The van der Waals surface area contributed by atoms with Gasteiger partial charge >= 0.3 is 18.0 Å². The number of carboxylic acid groups (broad SMARTS) is 2.